The fourth-order valence-electron chi connectivity index (χ4n) is 5.97. The van der Waals surface area contributed by atoms with E-state index in [1.165, 1.54) is 37.7 Å². The summed E-state index contributed by atoms with van der Waals surface area (Å²) in [5, 5.41) is 9.91. The summed E-state index contributed by atoms with van der Waals surface area (Å²) >= 11 is 0. The molecule has 4 rings (SSSR count). The minimum absolute atomic E-state index is 0.0286. The molecule has 6 atom stereocenters. The molecule has 0 bridgehead atoms. The van der Waals surface area contributed by atoms with E-state index < -0.39 is 0 Å². The lowest BCUT2D eigenvalue weighted by atomic mass is 9.53. The molecule has 2 heteroatoms. The van der Waals surface area contributed by atoms with Gasteiger partial charge in [-0.25, -0.2) is 0 Å². The summed E-state index contributed by atoms with van der Waals surface area (Å²) in [6, 6.07) is 0. The zero-order valence-electron chi connectivity index (χ0n) is 12.3. The number of carbonyl (C=O) groups is 1. The third kappa shape index (κ3) is 2.07. The molecular weight excluding hydrogens is 248 g/mol. The van der Waals surface area contributed by atoms with Crippen molar-refractivity contribution in [2.45, 2.75) is 63.9 Å². The lowest BCUT2D eigenvalue weighted by molar-refractivity contribution is -0.116. The Bertz CT molecular complexity index is 439. The lowest BCUT2D eigenvalue weighted by Gasteiger charge is -2.52. The molecular formula is C18H26O2. The number of hydrogen-bond donors (Lipinski definition) is 1. The van der Waals surface area contributed by atoms with Crippen LogP contribution in [0.2, 0.25) is 0 Å². The highest BCUT2D eigenvalue weighted by atomic mass is 16.3. The number of carbonyl (C=O) groups excluding carboxylic acids is 1. The molecule has 0 aromatic heterocycles. The highest BCUT2D eigenvalue weighted by molar-refractivity contribution is 5.91. The SMILES string of the molecule is O=C1C=C2CC[C@H]3[C@@H](CC[C@H]4C[C@H](O)CC[C@@H]43)[C@@H]2CC1. The fourth-order valence-corrected chi connectivity index (χ4v) is 5.97. The van der Waals surface area contributed by atoms with Crippen LogP contribution in [0, 0.1) is 29.6 Å². The zero-order chi connectivity index (χ0) is 13.7. The van der Waals surface area contributed by atoms with Crippen molar-refractivity contribution in [3.05, 3.63) is 11.6 Å². The molecule has 20 heavy (non-hydrogen) atoms. The lowest BCUT2D eigenvalue weighted by Crippen LogP contribution is -2.45. The second kappa shape index (κ2) is 4.98. The summed E-state index contributed by atoms with van der Waals surface area (Å²) in [4.78, 5) is 11.6. The highest BCUT2D eigenvalue weighted by Crippen LogP contribution is 2.55. The molecule has 0 unspecified atom stereocenters. The van der Waals surface area contributed by atoms with E-state index in [4.69, 9.17) is 0 Å². The quantitative estimate of drug-likeness (QED) is 0.734. The molecule has 4 aliphatic rings. The minimum atomic E-state index is -0.0286. The molecule has 3 saturated carbocycles. The van der Waals surface area contributed by atoms with Gasteiger partial charge in [0.25, 0.3) is 0 Å². The van der Waals surface area contributed by atoms with E-state index in [2.05, 4.69) is 0 Å². The second-order valence-electron chi connectivity index (χ2n) is 7.67. The summed E-state index contributed by atoms with van der Waals surface area (Å²) < 4.78 is 0. The number of ketones is 1. The monoisotopic (exact) mass is 274 g/mol. The first-order valence-corrected chi connectivity index (χ1v) is 8.63. The second-order valence-corrected chi connectivity index (χ2v) is 7.67. The maximum absolute atomic E-state index is 11.6. The zero-order valence-corrected chi connectivity index (χ0v) is 12.3. The highest BCUT2D eigenvalue weighted by Gasteiger charge is 2.47. The van der Waals surface area contributed by atoms with E-state index in [0.29, 0.717) is 5.78 Å². The fraction of sp³-hybridized carbons (Fsp3) is 0.833. The van der Waals surface area contributed by atoms with Crippen molar-refractivity contribution in [2.75, 3.05) is 0 Å². The Balaban J connectivity index is 1.56. The summed E-state index contributed by atoms with van der Waals surface area (Å²) in [6.45, 7) is 0. The van der Waals surface area contributed by atoms with Gasteiger partial charge in [0.15, 0.2) is 5.78 Å². The molecule has 0 saturated heterocycles. The molecule has 0 aromatic carbocycles. The Morgan fingerprint density at radius 3 is 2.65 bits per heavy atom. The minimum Gasteiger partial charge on any atom is -0.393 e. The molecule has 4 aliphatic carbocycles. The van der Waals surface area contributed by atoms with Gasteiger partial charge in [-0.1, -0.05) is 5.57 Å². The molecule has 0 amide bonds. The number of hydrogen-bond acceptors (Lipinski definition) is 2. The van der Waals surface area contributed by atoms with Gasteiger partial charge >= 0.3 is 0 Å². The van der Waals surface area contributed by atoms with Crippen LogP contribution in [-0.2, 0) is 4.79 Å². The van der Waals surface area contributed by atoms with Crippen LogP contribution in [0.3, 0.4) is 0 Å². The van der Waals surface area contributed by atoms with Crippen molar-refractivity contribution in [2.24, 2.45) is 29.6 Å². The first-order valence-electron chi connectivity index (χ1n) is 8.63. The van der Waals surface area contributed by atoms with Crippen molar-refractivity contribution in [3.63, 3.8) is 0 Å². The van der Waals surface area contributed by atoms with Crippen molar-refractivity contribution < 1.29 is 9.90 Å². The Morgan fingerprint density at radius 2 is 1.75 bits per heavy atom. The standard InChI is InChI=1S/C18H26O2/c19-13-3-7-15-11(9-13)1-5-17-16-8-4-14(20)10-12(16)2-6-18(15)17/h9,12,14-18,20H,1-8,10H2/t12-,14+,15+,16-,17+,18-/m0/s1. The van der Waals surface area contributed by atoms with Gasteiger partial charge in [-0.05, 0) is 87.0 Å². The van der Waals surface area contributed by atoms with Gasteiger partial charge in [-0.2, -0.15) is 0 Å². The largest absolute Gasteiger partial charge is 0.393 e. The van der Waals surface area contributed by atoms with Gasteiger partial charge < -0.3 is 5.11 Å². The summed E-state index contributed by atoms with van der Waals surface area (Å²) in [5.74, 6) is 4.48. The van der Waals surface area contributed by atoms with E-state index in [-0.39, 0.29) is 6.10 Å². The molecule has 0 aromatic rings. The molecule has 1 N–H and O–H groups in total. The number of rotatable bonds is 0. The van der Waals surface area contributed by atoms with Gasteiger partial charge in [0.2, 0.25) is 0 Å². The number of aliphatic hydroxyl groups is 1. The van der Waals surface area contributed by atoms with Gasteiger partial charge in [0, 0.05) is 6.42 Å². The predicted octanol–water partition coefficient (Wildman–Crippen LogP) is 3.49. The van der Waals surface area contributed by atoms with Gasteiger partial charge in [0.1, 0.15) is 0 Å². The third-order valence-electron chi connectivity index (χ3n) is 6.79. The smallest absolute Gasteiger partial charge is 0.155 e. The molecule has 0 spiro atoms. The average Bonchev–Trinajstić information content (AvgIpc) is 2.45. The topological polar surface area (TPSA) is 37.3 Å². The number of aliphatic hydroxyl groups excluding tert-OH is 1. The Kier molecular flexibility index (Phi) is 3.25. The van der Waals surface area contributed by atoms with E-state index in [9.17, 15) is 9.90 Å². The van der Waals surface area contributed by atoms with E-state index in [1.54, 1.807) is 0 Å². The van der Waals surface area contributed by atoms with Gasteiger partial charge in [-0.3, -0.25) is 4.79 Å². The predicted molar refractivity (Wildman–Crippen MR) is 78.1 cm³/mol. The van der Waals surface area contributed by atoms with Crippen molar-refractivity contribution in [3.8, 4) is 0 Å². The van der Waals surface area contributed by atoms with E-state index in [1.807, 2.05) is 6.08 Å². The van der Waals surface area contributed by atoms with Crippen LogP contribution in [0.25, 0.3) is 0 Å². The van der Waals surface area contributed by atoms with Crippen LogP contribution in [0.1, 0.15) is 57.8 Å². The maximum Gasteiger partial charge on any atom is 0.155 e. The third-order valence-corrected chi connectivity index (χ3v) is 6.79. The Morgan fingerprint density at radius 1 is 0.900 bits per heavy atom. The summed E-state index contributed by atoms with van der Waals surface area (Å²) in [6.07, 6.45) is 12.3. The summed E-state index contributed by atoms with van der Waals surface area (Å²) in [5.41, 5.74) is 1.48. The summed E-state index contributed by atoms with van der Waals surface area (Å²) in [7, 11) is 0. The molecule has 2 nitrogen and oxygen atoms in total. The van der Waals surface area contributed by atoms with Crippen molar-refractivity contribution >= 4 is 5.78 Å². The molecule has 110 valence electrons. The Labute approximate surface area is 121 Å². The van der Waals surface area contributed by atoms with Crippen LogP contribution in [0.4, 0.5) is 0 Å². The van der Waals surface area contributed by atoms with E-state index in [0.717, 1.165) is 55.3 Å². The number of allylic oxidation sites excluding steroid dienone is 2. The number of fused-ring (bicyclic) bond motifs is 5. The molecule has 0 aliphatic heterocycles. The van der Waals surface area contributed by atoms with Crippen LogP contribution >= 0.6 is 0 Å². The van der Waals surface area contributed by atoms with Crippen LogP contribution in [0.15, 0.2) is 11.6 Å². The van der Waals surface area contributed by atoms with Crippen LogP contribution in [-0.4, -0.2) is 17.0 Å². The average molecular weight is 274 g/mol. The van der Waals surface area contributed by atoms with Crippen molar-refractivity contribution in [1.82, 2.24) is 0 Å². The van der Waals surface area contributed by atoms with E-state index >= 15 is 0 Å². The molecule has 0 radical (unpaired) electrons. The Hall–Kier alpha value is -0.630. The first-order chi connectivity index (χ1) is 9.72. The molecule has 3 fully saturated rings. The maximum atomic E-state index is 11.6. The van der Waals surface area contributed by atoms with Crippen molar-refractivity contribution in [1.29, 1.82) is 0 Å². The normalized spacial score (nSPS) is 47.9. The van der Waals surface area contributed by atoms with Crippen LogP contribution < -0.4 is 0 Å². The first kappa shape index (κ1) is 13.1. The van der Waals surface area contributed by atoms with Crippen LogP contribution in [0.5, 0.6) is 0 Å². The van der Waals surface area contributed by atoms with Gasteiger partial charge in [0.05, 0.1) is 6.10 Å². The molecule has 0 heterocycles. The van der Waals surface area contributed by atoms with Gasteiger partial charge in [-0.15, -0.1) is 0 Å².